The van der Waals surface area contributed by atoms with Gasteiger partial charge < -0.3 is 20.5 Å². The molecular weight excluding hydrogens is 326 g/mol. The number of nitrogens with one attached hydrogen (secondary N) is 1. The number of ether oxygens (including phenoxy) is 2. The molecule has 0 radical (unpaired) electrons. The molecular formula is C16H23N5O2S. The molecule has 24 heavy (non-hydrogen) atoms. The summed E-state index contributed by atoms with van der Waals surface area (Å²) in [5.74, 6) is 1.90. The van der Waals surface area contributed by atoms with Crippen LogP contribution in [0.15, 0.2) is 11.4 Å². The molecule has 1 saturated heterocycles. The first-order chi connectivity index (χ1) is 11.7. The van der Waals surface area contributed by atoms with E-state index >= 15 is 0 Å². The average Bonchev–Trinajstić information content (AvgIpc) is 3.23. The number of aryl methyl sites for hydroxylation is 1. The lowest BCUT2D eigenvalue weighted by atomic mass is 10.0. The molecule has 3 N–H and O–H groups in total. The van der Waals surface area contributed by atoms with Gasteiger partial charge in [0, 0.05) is 37.6 Å². The second-order valence-corrected chi connectivity index (χ2v) is 6.68. The van der Waals surface area contributed by atoms with E-state index in [9.17, 15) is 0 Å². The zero-order chi connectivity index (χ0) is 16.8. The van der Waals surface area contributed by atoms with Crippen molar-refractivity contribution in [2.75, 3.05) is 37.9 Å². The number of nitrogen functional groups attached to an aromatic ring is 1. The zero-order valence-electron chi connectivity index (χ0n) is 13.8. The Balaban J connectivity index is 1.58. The van der Waals surface area contributed by atoms with E-state index in [1.165, 1.54) is 11.3 Å². The number of aromatic nitrogens is 3. The lowest BCUT2D eigenvalue weighted by Gasteiger charge is -2.12. The molecule has 1 aliphatic heterocycles. The number of nitrogens with two attached hydrogens (primary N) is 1. The molecule has 0 bridgehead atoms. The Morgan fingerprint density at radius 2 is 2.33 bits per heavy atom. The van der Waals surface area contributed by atoms with Crippen molar-refractivity contribution in [3.63, 3.8) is 0 Å². The third-order valence-corrected chi connectivity index (χ3v) is 4.62. The third-order valence-electron chi connectivity index (χ3n) is 3.90. The molecule has 2 aromatic heterocycles. The minimum Gasteiger partial charge on any atom is -0.381 e. The highest BCUT2D eigenvalue weighted by molar-refractivity contribution is 7.13. The molecule has 2 aromatic rings. The monoisotopic (exact) mass is 349 g/mol. The van der Waals surface area contributed by atoms with Crippen LogP contribution in [0, 0.1) is 0 Å². The SMILES string of the molecule is COCc1nc(NCCCc2csc(N)n2)cc([C@@H]2CCOC2)n1. The van der Waals surface area contributed by atoms with Crippen molar-refractivity contribution in [1.29, 1.82) is 0 Å². The van der Waals surface area contributed by atoms with Gasteiger partial charge in [-0.2, -0.15) is 0 Å². The van der Waals surface area contributed by atoms with Gasteiger partial charge in [0.25, 0.3) is 0 Å². The first-order valence-electron chi connectivity index (χ1n) is 8.13. The number of rotatable bonds is 8. The second-order valence-electron chi connectivity index (χ2n) is 5.80. The number of hydrogen-bond acceptors (Lipinski definition) is 8. The van der Waals surface area contributed by atoms with Crippen molar-refractivity contribution in [3.05, 3.63) is 28.7 Å². The summed E-state index contributed by atoms with van der Waals surface area (Å²) in [4.78, 5) is 13.4. The van der Waals surface area contributed by atoms with Crippen LogP contribution in [0.1, 0.15) is 36.0 Å². The fourth-order valence-electron chi connectivity index (χ4n) is 2.70. The fraction of sp³-hybridized carbons (Fsp3) is 0.562. The van der Waals surface area contributed by atoms with Gasteiger partial charge in [0.2, 0.25) is 0 Å². The Hall–Kier alpha value is -1.77. The highest BCUT2D eigenvalue weighted by Gasteiger charge is 2.20. The van der Waals surface area contributed by atoms with Crippen molar-refractivity contribution in [2.24, 2.45) is 0 Å². The quantitative estimate of drug-likeness (QED) is 0.705. The van der Waals surface area contributed by atoms with Crippen LogP contribution < -0.4 is 11.1 Å². The van der Waals surface area contributed by atoms with E-state index in [0.29, 0.717) is 23.5 Å². The van der Waals surface area contributed by atoms with Crippen LogP contribution >= 0.6 is 11.3 Å². The van der Waals surface area contributed by atoms with E-state index in [0.717, 1.165) is 56.2 Å². The first kappa shape index (κ1) is 17.1. The van der Waals surface area contributed by atoms with Gasteiger partial charge in [-0.05, 0) is 19.3 Å². The predicted octanol–water partition coefficient (Wildman–Crippen LogP) is 2.21. The topological polar surface area (TPSA) is 95.2 Å². The van der Waals surface area contributed by atoms with E-state index in [2.05, 4.69) is 20.3 Å². The molecule has 3 rings (SSSR count). The Kier molecular flexibility index (Phi) is 5.95. The van der Waals surface area contributed by atoms with Crippen molar-refractivity contribution >= 4 is 22.3 Å². The molecule has 1 atom stereocenters. The number of anilines is 2. The smallest absolute Gasteiger partial charge is 0.180 e. The van der Waals surface area contributed by atoms with Gasteiger partial charge in [-0.25, -0.2) is 15.0 Å². The lowest BCUT2D eigenvalue weighted by molar-refractivity contribution is 0.177. The van der Waals surface area contributed by atoms with Crippen LogP contribution in [0.5, 0.6) is 0 Å². The molecule has 7 nitrogen and oxygen atoms in total. The Labute approximate surface area is 145 Å². The van der Waals surface area contributed by atoms with Crippen LogP contribution in [0.3, 0.4) is 0 Å². The second kappa shape index (κ2) is 8.36. The molecule has 8 heteroatoms. The summed E-state index contributed by atoms with van der Waals surface area (Å²) in [5.41, 5.74) is 7.73. The van der Waals surface area contributed by atoms with Gasteiger partial charge in [-0.1, -0.05) is 0 Å². The standard InChI is InChI=1S/C16H23N5O2S/c1-22-9-15-20-13(11-4-6-23-8-11)7-14(21-15)18-5-2-3-12-10-24-16(17)19-12/h7,10-11H,2-6,8-9H2,1H3,(H2,17,19)(H,18,20,21)/t11-/m1/s1. The molecule has 0 saturated carbocycles. The molecule has 130 valence electrons. The van der Waals surface area contributed by atoms with Gasteiger partial charge in [0.15, 0.2) is 11.0 Å². The number of hydrogen-bond donors (Lipinski definition) is 2. The summed E-state index contributed by atoms with van der Waals surface area (Å²) in [5, 5.41) is 6.02. The van der Waals surface area contributed by atoms with Crippen LogP contribution in [0.4, 0.5) is 10.9 Å². The molecule has 1 aliphatic rings. The predicted molar refractivity (Wildman–Crippen MR) is 94.3 cm³/mol. The van der Waals surface area contributed by atoms with Crippen LogP contribution in [0.25, 0.3) is 0 Å². The first-order valence-corrected chi connectivity index (χ1v) is 9.01. The van der Waals surface area contributed by atoms with Crippen molar-refractivity contribution in [3.8, 4) is 0 Å². The minimum atomic E-state index is 0.349. The van der Waals surface area contributed by atoms with E-state index in [-0.39, 0.29) is 0 Å². The fourth-order valence-corrected chi connectivity index (χ4v) is 3.30. The number of thiazole rings is 1. The largest absolute Gasteiger partial charge is 0.381 e. The molecule has 0 unspecified atom stereocenters. The molecule has 0 amide bonds. The van der Waals surface area contributed by atoms with Gasteiger partial charge in [0.1, 0.15) is 12.4 Å². The summed E-state index contributed by atoms with van der Waals surface area (Å²) in [6.07, 6.45) is 2.88. The normalized spacial score (nSPS) is 17.3. The van der Waals surface area contributed by atoms with Crippen molar-refractivity contribution in [1.82, 2.24) is 15.0 Å². The summed E-state index contributed by atoms with van der Waals surface area (Å²) in [6, 6.07) is 2.03. The third kappa shape index (κ3) is 4.62. The maximum atomic E-state index is 5.65. The summed E-state index contributed by atoms with van der Waals surface area (Å²) >= 11 is 1.48. The maximum absolute atomic E-state index is 5.65. The summed E-state index contributed by atoms with van der Waals surface area (Å²) in [6.45, 7) is 2.76. The summed E-state index contributed by atoms with van der Waals surface area (Å²) < 4.78 is 10.7. The van der Waals surface area contributed by atoms with Crippen molar-refractivity contribution in [2.45, 2.75) is 31.8 Å². The van der Waals surface area contributed by atoms with Crippen LogP contribution in [-0.4, -0.2) is 41.8 Å². The average molecular weight is 349 g/mol. The Morgan fingerprint density at radius 3 is 3.04 bits per heavy atom. The Morgan fingerprint density at radius 1 is 1.42 bits per heavy atom. The van der Waals surface area contributed by atoms with Gasteiger partial charge in [-0.15, -0.1) is 11.3 Å². The molecule has 0 spiro atoms. The Bertz CT molecular complexity index is 658. The van der Waals surface area contributed by atoms with Gasteiger partial charge >= 0.3 is 0 Å². The highest BCUT2D eigenvalue weighted by atomic mass is 32.1. The van der Waals surface area contributed by atoms with Crippen LogP contribution in [0.2, 0.25) is 0 Å². The molecule has 1 fully saturated rings. The number of methoxy groups -OCH3 is 1. The van der Waals surface area contributed by atoms with E-state index in [1.54, 1.807) is 7.11 Å². The summed E-state index contributed by atoms with van der Waals surface area (Å²) in [7, 11) is 1.65. The van der Waals surface area contributed by atoms with E-state index in [4.69, 9.17) is 15.2 Å². The van der Waals surface area contributed by atoms with Gasteiger partial charge in [-0.3, -0.25) is 0 Å². The van der Waals surface area contributed by atoms with Gasteiger partial charge in [0.05, 0.1) is 18.0 Å². The zero-order valence-corrected chi connectivity index (χ0v) is 14.6. The van der Waals surface area contributed by atoms with E-state index < -0.39 is 0 Å². The lowest BCUT2D eigenvalue weighted by Crippen LogP contribution is -2.11. The number of nitrogens with zero attached hydrogens (tertiary/aromatic N) is 3. The van der Waals surface area contributed by atoms with Crippen molar-refractivity contribution < 1.29 is 9.47 Å². The maximum Gasteiger partial charge on any atom is 0.180 e. The molecule has 0 aromatic carbocycles. The minimum absolute atomic E-state index is 0.349. The van der Waals surface area contributed by atoms with Crippen LogP contribution in [-0.2, 0) is 22.5 Å². The highest BCUT2D eigenvalue weighted by Crippen LogP contribution is 2.25. The molecule has 0 aliphatic carbocycles. The molecule has 3 heterocycles. The van der Waals surface area contributed by atoms with E-state index in [1.807, 2.05) is 11.4 Å².